The Bertz CT molecular complexity index is 557. The molecule has 23 heavy (non-hydrogen) atoms. The van der Waals surface area contributed by atoms with Crippen molar-refractivity contribution in [2.75, 3.05) is 13.6 Å². The van der Waals surface area contributed by atoms with Crippen molar-refractivity contribution in [3.63, 3.8) is 0 Å². The molecule has 0 unspecified atom stereocenters. The second-order valence-electron chi connectivity index (χ2n) is 4.43. The molecule has 0 bridgehead atoms. The lowest BCUT2D eigenvalue weighted by Crippen LogP contribution is -2.45. The Labute approximate surface area is 128 Å². The molecule has 0 spiro atoms. The fourth-order valence-electron chi connectivity index (χ4n) is 1.70. The van der Waals surface area contributed by atoms with Crippen LogP contribution in [0.3, 0.4) is 0 Å². The minimum Gasteiger partial charge on any atom is -0.359 e. The van der Waals surface area contributed by atoms with Crippen molar-refractivity contribution in [2.45, 2.75) is 18.6 Å². The van der Waals surface area contributed by atoms with Crippen LogP contribution in [0.25, 0.3) is 0 Å². The third kappa shape index (κ3) is 5.38. The van der Waals surface area contributed by atoms with Crippen molar-refractivity contribution < 1.29 is 31.5 Å². The molecule has 128 valence electrons. The zero-order valence-electron chi connectivity index (χ0n) is 11.9. The van der Waals surface area contributed by atoms with Gasteiger partial charge in [0.15, 0.2) is 6.04 Å². The maximum Gasteiger partial charge on any atom is 0.413 e. The highest BCUT2D eigenvalue weighted by Crippen LogP contribution is 2.35. The minimum atomic E-state index is -5.11. The van der Waals surface area contributed by atoms with Crippen LogP contribution in [0.2, 0.25) is 0 Å². The predicted octanol–water partition coefficient (Wildman–Crippen LogP) is 2.00. The smallest absolute Gasteiger partial charge is 0.359 e. The summed E-state index contributed by atoms with van der Waals surface area (Å²) < 4.78 is 66.0. The Morgan fingerprint density at radius 2 is 1.74 bits per heavy atom. The summed E-state index contributed by atoms with van der Waals surface area (Å²) in [7, 11) is 1.35. The first-order valence-electron chi connectivity index (χ1n) is 6.42. The third-order valence-electron chi connectivity index (χ3n) is 2.81. The Morgan fingerprint density at radius 1 is 1.17 bits per heavy atom. The number of rotatable bonds is 5. The lowest BCUT2D eigenvalue weighted by molar-refractivity contribution is -0.156. The molecule has 3 N–H and O–H groups in total. The number of hydrogen-bond donors (Lipinski definition) is 3. The Morgan fingerprint density at radius 3 is 2.22 bits per heavy atom. The summed E-state index contributed by atoms with van der Waals surface area (Å²) >= 11 is 0. The van der Waals surface area contributed by atoms with Crippen molar-refractivity contribution in [1.29, 1.82) is 0 Å². The zero-order chi connectivity index (χ0) is 17.6. The predicted molar refractivity (Wildman–Crippen MR) is 70.4 cm³/mol. The lowest BCUT2D eigenvalue weighted by Gasteiger charge is -2.23. The standard InChI is InChI=1S/C13H14F5N3O2/c1-19-9(22)5-6-20-12(23)21-11(13(16,17)18)10-7(14)3-2-4-8(10)15/h2-4,11H,5-6H2,1H3,(H,19,22)(H2,20,21,23)/t11-/m0/s1. The molecule has 10 heteroatoms. The number of hydrogen-bond acceptors (Lipinski definition) is 2. The zero-order valence-corrected chi connectivity index (χ0v) is 11.9. The lowest BCUT2D eigenvalue weighted by atomic mass is 10.1. The first-order valence-corrected chi connectivity index (χ1v) is 6.42. The average Bonchev–Trinajstić information content (AvgIpc) is 2.44. The normalized spacial score (nSPS) is 12.4. The van der Waals surface area contributed by atoms with Gasteiger partial charge in [0.1, 0.15) is 11.6 Å². The van der Waals surface area contributed by atoms with Gasteiger partial charge in [-0.15, -0.1) is 0 Å². The van der Waals surface area contributed by atoms with E-state index in [9.17, 15) is 31.5 Å². The van der Waals surface area contributed by atoms with E-state index >= 15 is 0 Å². The Balaban J connectivity index is 2.85. The molecule has 0 saturated carbocycles. The highest BCUT2D eigenvalue weighted by molar-refractivity contribution is 5.78. The molecule has 3 amide bonds. The molecule has 0 radical (unpaired) electrons. The summed E-state index contributed by atoms with van der Waals surface area (Å²) in [6, 6.07) is -1.95. The number of nitrogens with one attached hydrogen (secondary N) is 3. The molecule has 0 aliphatic rings. The number of carbonyl (C=O) groups is 2. The molecular formula is C13H14F5N3O2. The first kappa shape index (κ1) is 18.7. The van der Waals surface area contributed by atoms with Gasteiger partial charge < -0.3 is 16.0 Å². The summed E-state index contributed by atoms with van der Waals surface area (Å²) in [6.07, 6.45) is -5.27. The molecule has 0 aliphatic carbocycles. The van der Waals surface area contributed by atoms with Gasteiger partial charge in [-0.2, -0.15) is 13.2 Å². The van der Waals surface area contributed by atoms with Crippen LogP contribution in [0.5, 0.6) is 0 Å². The second kappa shape index (κ2) is 7.75. The maximum absolute atomic E-state index is 13.5. The molecule has 1 rings (SSSR count). The Hall–Kier alpha value is -2.39. The molecule has 0 fully saturated rings. The number of amides is 3. The van der Waals surface area contributed by atoms with Crippen LogP contribution in [0.15, 0.2) is 18.2 Å². The fourth-order valence-corrected chi connectivity index (χ4v) is 1.70. The topological polar surface area (TPSA) is 70.2 Å². The number of carbonyl (C=O) groups excluding carboxylic acids is 2. The quantitative estimate of drug-likeness (QED) is 0.718. The highest BCUT2D eigenvalue weighted by atomic mass is 19.4. The van der Waals surface area contributed by atoms with Crippen molar-refractivity contribution in [2.24, 2.45) is 0 Å². The van der Waals surface area contributed by atoms with E-state index in [1.807, 2.05) is 5.32 Å². The number of benzene rings is 1. The van der Waals surface area contributed by atoms with Gasteiger partial charge in [0.05, 0.1) is 5.56 Å². The van der Waals surface area contributed by atoms with E-state index in [1.165, 1.54) is 12.4 Å². The average molecular weight is 339 g/mol. The summed E-state index contributed by atoms with van der Waals surface area (Å²) in [5.41, 5.74) is -1.30. The number of alkyl halides is 3. The first-order chi connectivity index (χ1) is 10.7. The monoisotopic (exact) mass is 339 g/mol. The highest BCUT2D eigenvalue weighted by Gasteiger charge is 2.44. The largest absolute Gasteiger partial charge is 0.413 e. The van der Waals surface area contributed by atoms with Gasteiger partial charge in [-0.05, 0) is 12.1 Å². The summed E-state index contributed by atoms with van der Waals surface area (Å²) in [4.78, 5) is 22.4. The molecule has 1 aromatic carbocycles. The van der Waals surface area contributed by atoms with Crippen molar-refractivity contribution in [3.8, 4) is 0 Å². The van der Waals surface area contributed by atoms with Gasteiger partial charge in [-0.1, -0.05) is 6.07 Å². The van der Waals surface area contributed by atoms with Crippen LogP contribution in [-0.2, 0) is 4.79 Å². The fraction of sp³-hybridized carbons (Fsp3) is 0.385. The number of halogens is 5. The van der Waals surface area contributed by atoms with Crippen LogP contribution >= 0.6 is 0 Å². The molecule has 5 nitrogen and oxygen atoms in total. The molecule has 1 aromatic rings. The van der Waals surface area contributed by atoms with Gasteiger partial charge in [0.2, 0.25) is 5.91 Å². The molecular weight excluding hydrogens is 325 g/mol. The maximum atomic E-state index is 13.5. The van der Waals surface area contributed by atoms with Gasteiger partial charge in [-0.25, -0.2) is 13.6 Å². The van der Waals surface area contributed by atoms with E-state index in [0.29, 0.717) is 12.1 Å². The summed E-state index contributed by atoms with van der Waals surface area (Å²) in [6.45, 7) is -0.240. The number of urea groups is 1. The SMILES string of the molecule is CNC(=O)CCNC(=O)N[C@@H](c1c(F)cccc1F)C(F)(F)F. The van der Waals surface area contributed by atoms with E-state index in [4.69, 9.17) is 0 Å². The van der Waals surface area contributed by atoms with Crippen LogP contribution in [0.1, 0.15) is 18.0 Å². The van der Waals surface area contributed by atoms with Crippen molar-refractivity contribution >= 4 is 11.9 Å². The van der Waals surface area contributed by atoms with E-state index in [0.717, 1.165) is 6.07 Å². The molecule has 0 heterocycles. The summed E-state index contributed by atoms with van der Waals surface area (Å²) in [5, 5.41) is 5.72. The van der Waals surface area contributed by atoms with E-state index < -0.39 is 41.4 Å². The summed E-state index contributed by atoms with van der Waals surface area (Å²) in [5.74, 6) is -3.30. The van der Waals surface area contributed by atoms with E-state index in [2.05, 4.69) is 5.32 Å². The molecule has 0 aliphatic heterocycles. The van der Waals surface area contributed by atoms with Gasteiger partial charge in [-0.3, -0.25) is 4.79 Å². The van der Waals surface area contributed by atoms with Crippen LogP contribution in [-0.4, -0.2) is 31.7 Å². The molecule has 0 saturated heterocycles. The van der Waals surface area contributed by atoms with Crippen LogP contribution in [0, 0.1) is 11.6 Å². The minimum absolute atomic E-state index is 0.158. The van der Waals surface area contributed by atoms with Crippen molar-refractivity contribution in [3.05, 3.63) is 35.4 Å². The van der Waals surface area contributed by atoms with E-state index in [-0.39, 0.29) is 13.0 Å². The van der Waals surface area contributed by atoms with Crippen LogP contribution < -0.4 is 16.0 Å². The second-order valence-corrected chi connectivity index (χ2v) is 4.43. The van der Waals surface area contributed by atoms with Gasteiger partial charge in [0, 0.05) is 20.0 Å². The van der Waals surface area contributed by atoms with E-state index in [1.54, 1.807) is 0 Å². The van der Waals surface area contributed by atoms with Gasteiger partial charge in [0.25, 0.3) is 0 Å². The molecule has 1 atom stereocenters. The Kier molecular flexibility index (Phi) is 6.28. The molecule has 0 aromatic heterocycles. The van der Waals surface area contributed by atoms with Gasteiger partial charge >= 0.3 is 12.2 Å². The van der Waals surface area contributed by atoms with Crippen LogP contribution in [0.4, 0.5) is 26.7 Å². The third-order valence-corrected chi connectivity index (χ3v) is 2.81. The van der Waals surface area contributed by atoms with Crippen molar-refractivity contribution in [1.82, 2.24) is 16.0 Å².